The molecule has 1 heterocycles. The lowest BCUT2D eigenvalue weighted by molar-refractivity contribution is 0.0945. The lowest BCUT2D eigenvalue weighted by atomic mass is 10.1. The van der Waals surface area contributed by atoms with Crippen LogP contribution in [0.4, 0.5) is 0 Å². The number of hydrogen-bond acceptors (Lipinski definition) is 4. The summed E-state index contributed by atoms with van der Waals surface area (Å²) in [4.78, 5) is 20.0. The van der Waals surface area contributed by atoms with Gasteiger partial charge < -0.3 is 10.4 Å². The van der Waals surface area contributed by atoms with Crippen molar-refractivity contribution in [2.45, 2.75) is 13.5 Å². The highest BCUT2D eigenvalue weighted by atomic mass is 16.2. The largest absolute Gasteiger partial charge is 0.384 e. The molecule has 2 aromatic rings. The summed E-state index contributed by atoms with van der Waals surface area (Å²) in [6.07, 6.45) is 3.00. The molecule has 1 aromatic heterocycles. The topological polar surface area (TPSA) is 75.1 Å². The average molecular weight is 281 g/mol. The Morgan fingerprint density at radius 2 is 2.10 bits per heavy atom. The first-order chi connectivity index (χ1) is 10.2. The zero-order chi connectivity index (χ0) is 15.1. The summed E-state index contributed by atoms with van der Waals surface area (Å²) >= 11 is 0. The van der Waals surface area contributed by atoms with Gasteiger partial charge in [-0.05, 0) is 18.6 Å². The molecule has 5 nitrogen and oxygen atoms in total. The van der Waals surface area contributed by atoms with E-state index in [0.29, 0.717) is 6.54 Å². The van der Waals surface area contributed by atoms with E-state index in [-0.39, 0.29) is 18.2 Å². The van der Waals surface area contributed by atoms with E-state index in [9.17, 15) is 4.79 Å². The minimum absolute atomic E-state index is 0.195. The number of hydrogen-bond donors (Lipinski definition) is 2. The third-order valence-corrected chi connectivity index (χ3v) is 2.77. The number of aromatic nitrogens is 2. The monoisotopic (exact) mass is 281 g/mol. The van der Waals surface area contributed by atoms with Gasteiger partial charge in [-0.15, -0.1) is 0 Å². The van der Waals surface area contributed by atoms with Crippen LogP contribution in [0.2, 0.25) is 0 Å². The molecular formula is C16H15N3O2. The van der Waals surface area contributed by atoms with Gasteiger partial charge in [0.05, 0.1) is 11.9 Å². The predicted octanol–water partition coefficient (Wildman–Crippen LogP) is 1.06. The van der Waals surface area contributed by atoms with Gasteiger partial charge in [0.15, 0.2) is 0 Å². The molecule has 0 aliphatic rings. The van der Waals surface area contributed by atoms with E-state index < -0.39 is 0 Å². The minimum atomic E-state index is -0.285. The highest BCUT2D eigenvalue weighted by Gasteiger charge is 2.08. The van der Waals surface area contributed by atoms with Gasteiger partial charge in [0.25, 0.3) is 5.91 Å². The molecule has 2 rings (SSSR count). The van der Waals surface area contributed by atoms with Gasteiger partial charge in [-0.25, -0.2) is 4.98 Å². The Kier molecular flexibility index (Phi) is 5.02. The second kappa shape index (κ2) is 7.17. The van der Waals surface area contributed by atoms with Crippen molar-refractivity contribution in [2.24, 2.45) is 0 Å². The molecule has 106 valence electrons. The zero-order valence-corrected chi connectivity index (χ0v) is 11.6. The number of nitrogens with zero attached hydrogens (tertiary/aromatic N) is 2. The van der Waals surface area contributed by atoms with Crippen LogP contribution in [-0.2, 0) is 6.54 Å². The molecule has 0 bridgehead atoms. The Bertz CT molecular complexity index is 685. The molecule has 0 saturated carbocycles. The standard InChI is InChI=1S/C16H15N3O2/c1-12-9-18-15(11-17-12)16(21)19-10-14-6-3-2-5-13(14)7-4-8-20/h2-3,5-6,9,11,20H,8,10H2,1H3,(H,19,21). The van der Waals surface area contributed by atoms with E-state index in [1.807, 2.05) is 31.2 Å². The summed E-state index contributed by atoms with van der Waals surface area (Å²) in [6, 6.07) is 7.45. The maximum Gasteiger partial charge on any atom is 0.271 e. The van der Waals surface area contributed by atoms with Gasteiger partial charge in [0.1, 0.15) is 12.3 Å². The normalized spacial score (nSPS) is 9.62. The summed E-state index contributed by atoms with van der Waals surface area (Å²) in [5.41, 5.74) is 2.70. The number of aliphatic hydroxyl groups is 1. The van der Waals surface area contributed by atoms with E-state index in [1.165, 1.54) is 6.20 Å². The number of carbonyl (C=O) groups excluding carboxylic acids is 1. The summed E-state index contributed by atoms with van der Waals surface area (Å²) < 4.78 is 0. The van der Waals surface area contributed by atoms with Crippen LogP contribution in [0.3, 0.4) is 0 Å². The first kappa shape index (κ1) is 14.7. The summed E-state index contributed by atoms with van der Waals surface area (Å²) in [6.45, 7) is 1.95. The van der Waals surface area contributed by atoms with E-state index in [2.05, 4.69) is 27.1 Å². The molecule has 0 spiro atoms. The van der Waals surface area contributed by atoms with Crippen LogP contribution in [0.1, 0.15) is 27.3 Å². The van der Waals surface area contributed by atoms with Crippen LogP contribution in [0, 0.1) is 18.8 Å². The predicted molar refractivity (Wildman–Crippen MR) is 78.3 cm³/mol. The molecule has 1 amide bonds. The number of amides is 1. The Morgan fingerprint density at radius 1 is 1.29 bits per heavy atom. The molecule has 5 heteroatoms. The van der Waals surface area contributed by atoms with Gasteiger partial charge in [0, 0.05) is 18.3 Å². The molecule has 0 aliphatic heterocycles. The Labute approximate surface area is 123 Å². The highest BCUT2D eigenvalue weighted by Crippen LogP contribution is 2.07. The molecule has 0 saturated heterocycles. The Hall–Kier alpha value is -2.71. The van der Waals surface area contributed by atoms with E-state index >= 15 is 0 Å². The van der Waals surface area contributed by atoms with E-state index in [4.69, 9.17) is 5.11 Å². The molecule has 0 atom stereocenters. The maximum atomic E-state index is 12.0. The number of benzene rings is 1. The Balaban J connectivity index is 2.06. The third-order valence-electron chi connectivity index (χ3n) is 2.77. The van der Waals surface area contributed by atoms with Crippen molar-refractivity contribution in [3.8, 4) is 11.8 Å². The smallest absolute Gasteiger partial charge is 0.271 e. The van der Waals surface area contributed by atoms with Crippen LogP contribution >= 0.6 is 0 Å². The molecule has 1 aromatic carbocycles. The third kappa shape index (κ3) is 4.13. The SMILES string of the molecule is Cc1cnc(C(=O)NCc2ccccc2C#CCO)cn1. The van der Waals surface area contributed by atoms with Crippen LogP contribution in [-0.4, -0.2) is 27.6 Å². The molecule has 0 fully saturated rings. The number of carbonyl (C=O) groups is 1. The van der Waals surface area contributed by atoms with Gasteiger partial charge in [-0.3, -0.25) is 9.78 Å². The van der Waals surface area contributed by atoms with Crippen molar-refractivity contribution in [1.82, 2.24) is 15.3 Å². The minimum Gasteiger partial charge on any atom is -0.384 e. The van der Waals surface area contributed by atoms with Crippen LogP contribution in [0.15, 0.2) is 36.7 Å². The van der Waals surface area contributed by atoms with Crippen molar-refractivity contribution in [3.05, 3.63) is 59.2 Å². The molecular weight excluding hydrogens is 266 g/mol. The second-order valence-electron chi connectivity index (χ2n) is 4.34. The van der Waals surface area contributed by atoms with Crippen molar-refractivity contribution in [1.29, 1.82) is 0 Å². The highest BCUT2D eigenvalue weighted by molar-refractivity contribution is 5.91. The number of rotatable bonds is 3. The molecule has 0 radical (unpaired) electrons. The maximum absolute atomic E-state index is 12.0. The van der Waals surface area contributed by atoms with Crippen molar-refractivity contribution in [3.63, 3.8) is 0 Å². The lowest BCUT2D eigenvalue weighted by Gasteiger charge is -2.07. The molecule has 0 aliphatic carbocycles. The number of aliphatic hydroxyl groups excluding tert-OH is 1. The summed E-state index contributed by atoms with van der Waals surface area (Å²) in [7, 11) is 0. The van der Waals surface area contributed by atoms with Crippen molar-refractivity contribution < 1.29 is 9.90 Å². The average Bonchev–Trinajstić information content (AvgIpc) is 2.52. The Morgan fingerprint density at radius 3 is 2.81 bits per heavy atom. The molecule has 2 N–H and O–H groups in total. The fraction of sp³-hybridized carbons (Fsp3) is 0.188. The summed E-state index contributed by atoms with van der Waals surface area (Å²) in [5, 5.41) is 11.5. The summed E-state index contributed by atoms with van der Waals surface area (Å²) in [5.74, 6) is 5.17. The van der Waals surface area contributed by atoms with Gasteiger partial charge in [-0.2, -0.15) is 0 Å². The van der Waals surface area contributed by atoms with E-state index in [1.54, 1.807) is 6.20 Å². The van der Waals surface area contributed by atoms with E-state index in [0.717, 1.165) is 16.8 Å². The lowest BCUT2D eigenvalue weighted by Crippen LogP contribution is -2.24. The first-order valence-corrected chi connectivity index (χ1v) is 6.45. The quantitative estimate of drug-likeness (QED) is 0.825. The fourth-order valence-corrected chi connectivity index (χ4v) is 1.71. The second-order valence-corrected chi connectivity index (χ2v) is 4.34. The van der Waals surface area contributed by atoms with Crippen LogP contribution in [0.5, 0.6) is 0 Å². The van der Waals surface area contributed by atoms with Crippen molar-refractivity contribution >= 4 is 5.91 Å². The van der Waals surface area contributed by atoms with Crippen LogP contribution < -0.4 is 5.32 Å². The fourth-order valence-electron chi connectivity index (χ4n) is 1.71. The first-order valence-electron chi connectivity index (χ1n) is 6.45. The van der Waals surface area contributed by atoms with Gasteiger partial charge in [0.2, 0.25) is 0 Å². The van der Waals surface area contributed by atoms with Gasteiger partial charge in [-0.1, -0.05) is 30.0 Å². The number of aryl methyl sites for hydroxylation is 1. The zero-order valence-electron chi connectivity index (χ0n) is 11.6. The molecule has 21 heavy (non-hydrogen) atoms. The van der Waals surface area contributed by atoms with Crippen LogP contribution in [0.25, 0.3) is 0 Å². The van der Waals surface area contributed by atoms with Crippen molar-refractivity contribution in [2.75, 3.05) is 6.61 Å². The number of nitrogens with one attached hydrogen (secondary N) is 1. The van der Waals surface area contributed by atoms with Gasteiger partial charge >= 0.3 is 0 Å². The molecule has 0 unspecified atom stereocenters.